The van der Waals surface area contributed by atoms with Gasteiger partial charge in [0.05, 0.1) is 19.4 Å². The lowest BCUT2D eigenvalue weighted by atomic mass is 10.2. The first kappa shape index (κ1) is 15.0. The van der Waals surface area contributed by atoms with Crippen molar-refractivity contribution in [1.82, 2.24) is 0 Å². The molecule has 2 N–H and O–H groups in total. The van der Waals surface area contributed by atoms with E-state index in [9.17, 15) is 0 Å². The van der Waals surface area contributed by atoms with E-state index in [-0.39, 0.29) is 0 Å². The normalized spacial score (nSPS) is 10.2. The summed E-state index contributed by atoms with van der Waals surface area (Å²) in [6.45, 7) is 2.74. The highest BCUT2D eigenvalue weighted by molar-refractivity contribution is 5.69. The second-order valence-corrected chi connectivity index (χ2v) is 4.83. The highest BCUT2D eigenvalue weighted by Gasteiger charge is 2.08. The third kappa shape index (κ3) is 3.60. The van der Waals surface area contributed by atoms with Crippen LogP contribution in [0.15, 0.2) is 42.5 Å². The molecule has 0 fully saturated rings. The largest absolute Gasteiger partial charge is 0.497 e. The second-order valence-electron chi connectivity index (χ2n) is 4.83. The second kappa shape index (κ2) is 6.88. The van der Waals surface area contributed by atoms with Crippen molar-refractivity contribution in [2.24, 2.45) is 0 Å². The lowest BCUT2D eigenvalue weighted by Crippen LogP contribution is -2.10. The van der Waals surface area contributed by atoms with Gasteiger partial charge in [0.25, 0.3) is 0 Å². The van der Waals surface area contributed by atoms with Crippen LogP contribution in [0.1, 0.15) is 13.3 Å². The standard InChI is InChI=1S/C17H22N2O2/c1-4-10-21-17-12-14(8-9-16(17)18)19(2)13-6-5-7-15(11-13)20-3/h5-9,11-12H,4,10,18H2,1-3H3. The Morgan fingerprint density at radius 1 is 1.10 bits per heavy atom. The number of hydrogen-bond donors (Lipinski definition) is 1. The monoisotopic (exact) mass is 286 g/mol. The predicted molar refractivity (Wildman–Crippen MR) is 87.7 cm³/mol. The average Bonchev–Trinajstić information content (AvgIpc) is 2.53. The molecule has 0 bridgehead atoms. The van der Waals surface area contributed by atoms with Crippen molar-refractivity contribution in [3.8, 4) is 11.5 Å². The summed E-state index contributed by atoms with van der Waals surface area (Å²) in [5.41, 5.74) is 8.67. The Balaban J connectivity index is 2.27. The van der Waals surface area contributed by atoms with Crippen molar-refractivity contribution in [1.29, 1.82) is 0 Å². The molecule has 2 aromatic rings. The first-order valence-corrected chi connectivity index (χ1v) is 7.05. The highest BCUT2D eigenvalue weighted by atomic mass is 16.5. The number of benzene rings is 2. The first-order chi connectivity index (χ1) is 10.2. The first-order valence-electron chi connectivity index (χ1n) is 7.05. The van der Waals surface area contributed by atoms with E-state index >= 15 is 0 Å². The number of anilines is 3. The maximum Gasteiger partial charge on any atom is 0.144 e. The van der Waals surface area contributed by atoms with Crippen LogP contribution in [0.4, 0.5) is 17.1 Å². The van der Waals surface area contributed by atoms with Gasteiger partial charge in [-0.1, -0.05) is 13.0 Å². The molecule has 0 spiro atoms. The SMILES string of the molecule is CCCOc1cc(N(C)c2cccc(OC)c2)ccc1N. The van der Waals surface area contributed by atoms with Gasteiger partial charge in [0, 0.05) is 30.6 Å². The summed E-state index contributed by atoms with van der Waals surface area (Å²) >= 11 is 0. The van der Waals surface area contributed by atoms with E-state index in [1.165, 1.54) is 0 Å². The van der Waals surface area contributed by atoms with Gasteiger partial charge in [0.1, 0.15) is 11.5 Å². The Hall–Kier alpha value is -2.36. The molecule has 0 aliphatic heterocycles. The molecule has 0 atom stereocenters. The minimum absolute atomic E-state index is 0.659. The van der Waals surface area contributed by atoms with Crippen LogP contribution in [-0.2, 0) is 0 Å². The molecular weight excluding hydrogens is 264 g/mol. The minimum atomic E-state index is 0.659. The molecule has 0 saturated heterocycles. The van der Waals surface area contributed by atoms with E-state index in [2.05, 4.69) is 11.8 Å². The number of nitrogens with two attached hydrogens (primary N) is 1. The van der Waals surface area contributed by atoms with Gasteiger partial charge in [-0.15, -0.1) is 0 Å². The average molecular weight is 286 g/mol. The molecule has 0 amide bonds. The van der Waals surface area contributed by atoms with Crippen molar-refractivity contribution in [2.75, 3.05) is 31.4 Å². The molecule has 112 valence electrons. The number of hydrogen-bond acceptors (Lipinski definition) is 4. The molecule has 4 heteroatoms. The molecule has 0 radical (unpaired) electrons. The van der Waals surface area contributed by atoms with Crippen molar-refractivity contribution >= 4 is 17.1 Å². The topological polar surface area (TPSA) is 47.7 Å². The molecule has 0 heterocycles. The summed E-state index contributed by atoms with van der Waals surface area (Å²) in [6, 6.07) is 13.7. The van der Waals surface area contributed by atoms with Crippen molar-refractivity contribution in [2.45, 2.75) is 13.3 Å². The summed E-state index contributed by atoms with van der Waals surface area (Å²) in [7, 11) is 3.67. The Morgan fingerprint density at radius 2 is 1.86 bits per heavy atom. The van der Waals surface area contributed by atoms with Gasteiger partial charge in [0.15, 0.2) is 0 Å². The van der Waals surface area contributed by atoms with Crippen molar-refractivity contribution in [3.05, 3.63) is 42.5 Å². The van der Waals surface area contributed by atoms with Gasteiger partial charge in [-0.2, -0.15) is 0 Å². The Labute approximate surface area is 126 Å². The summed E-state index contributed by atoms with van der Waals surface area (Å²) in [5.74, 6) is 1.56. The van der Waals surface area contributed by atoms with Gasteiger partial charge < -0.3 is 20.1 Å². The fraction of sp³-hybridized carbons (Fsp3) is 0.294. The maximum atomic E-state index is 5.95. The number of methoxy groups -OCH3 is 1. The van der Waals surface area contributed by atoms with Crippen LogP contribution in [0.25, 0.3) is 0 Å². The van der Waals surface area contributed by atoms with Gasteiger partial charge in [0.2, 0.25) is 0 Å². The van der Waals surface area contributed by atoms with Crippen molar-refractivity contribution < 1.29 is 9.47 Å². The zero-order valence-corrected chi connectivity index (χ0v) is 12.8. The van der Waals surface area contributed by atoms with E-state index in [0.29, 0.717) is 12.3 Å². The quantitative estimate of drug-likeness (QED) is 0.820. The Bertz CT molecular complexity index is 599. The van der Waals surface area contributed by atoms with Crippen LogP contribution in [0.2, 0.25) is 0 Å². The van der Waals surface area contributed by atoms with Crippen LogP contribution in [0.3, 0.4) is 0 Å². The molecule has 0 saturated carbocycles. The molecule has 0 aromatic heterocycles. The number of nitrogens with zero attached hydrogens (tertiary/aromatic N) is 1. The third-order valence-electron chi connectivity index (χ3n) is 3.29. The fourth-order valence-corrected chi connectivity index (χ4v) is 2.04. The molecule has 0 aliphatic rings. The van der Waals surface area contributed by atoms with Crippen LogP contribution in [0, 0.1) is 0 Å². The zero-order chi connectivity index (χ0) is 15.2. The number of ether oxygens (including phenoxy) is 2. The van der Waals surface area contributed by atoms with Crippen LogP contribution < -0.4 is 20.1 Å². The van der Waals surface area contributed by atoms with Gasteiger partial charge >= 0.3 is 0 Å². The van der Waals surface area contributed by atoms with E-state index in [1.807, 2.05) is 49.5 Å². The minimum Gasteiger partial charge on any atom is -0.497 e. The maximum absolute atomic E-state index is 5.95. The molecule has 21 heavy (non-hydrogen) atoms. The molecule has 0 aliphatic carbocycles. The van der Waals surface area contributed by atoms with E-state index in [0.717, 1.165) is 29.3 Å². The Kier molecular flexibility index (Phi) is 4.93. The Morgan fingerprint density at radius 3 is 2.57 bits per heavy atom. The van der Waals surface area contributed by atoms with E-state index in [1.54, 1.807) is 7.11 Å². The number of rotatable bonds is 6. The zero-order valence-electron chi connectivity index (χ0n) is 12.8. The summed E-state index contributed by atoms with van der Waals surface area (Å²) < 4.78 is 10.9. The van der Waals surface area contributed by atoms with E-state index in [4.69, 9.17) is 15.2 Å². The third-order valence-corrected chi connectivity index (χ3v) is 3.29. The van der Waals surface area contributed by atoms with Gasteiger partial charge in [-0.05, 0) is 30.7 Å². The van der Waals surface area contributed by atoms with Crippen LogP contribution >= 0.6 is 0 Å². The molecule has 2 aromatic carbocycles. The van der Waals surface area contributed by atoms with Gasteiger partial charge in [-0.3, -0.25) is 0 Å². The number of nitrogen functional groups attached to an aromatic ring is 1. The predicted octanol–water partition coefficient (Wildman–Crippen LogP) is 3.83. The molecular formula is C17H22N2O2. The fourth-order valence-electron chi connectivity index (χ4n) is 2.04. The summed E-state index contributed by atoms with van der Waals surface area (Å²) in [5, 5.41) is 0. The van der Waals surface area contributed by atoms with Crippen LogP contribution in [0.5, 0.6) is 11.5 Å². The summed E-state index contributed by atoms with van der Waals surface area (Å²) in [6.07, 6.45) is 0.954. The summed E-state index contributed by atoms with van der Waals surface area (Å²) in [4.78, 5) is 2.07. The smallest absolute Gasteiger partial charge is 0.144 e. The lowest BCUT2D eigenvalue weighted by Gasteiger charge is -2.21. The lowest BCUT2D eigenvalue weighted by molar-refractivity contribution is 0.319. The molecule has 2 rings (SSSR count). The van der Waals surface area contributed by atoms with Gasteiger partial charge in [-0.25, -0.2) is 0 Å². The van der Waals surface area contributed by atoms with Crippen LogP contribution in [-0.4, -0.2) is 20.8 Å². The highest BCUT2D eigenvalue weighted by Crippen LogP contribution is 2.32. The molecule has 4 nitrogen and oxygen atoms in total. The molecule has 0 unspecified atom stereocenters. The van der Waals surface area contributed by atoms with E-state index < -0.39 is 0 Å². The van der Waals surface area contributed by atoms with Crippen molar-refractivity contribution in [3.63, 3.8) is 0 Å².